The van der Waals surface area contributed by atoms with Crippen LogP contribution < -0.4 is 0 Å². The zero-order chi connectivity index (χ0) is 16.8. The molecule has 1 rings (SSSR count). The van der Waals surface area contributed by atoms with Crippen LogP contribution >= 0.6 is 0 Å². The summed E-state index contributed by atoms with van der Waals surface area (Å²) >= 11 is 3.00. The van der Waals surface area contributed by atoms with Crippen LogP contribution in [0, 0.1) is 0 Å². The fourth-order valence-electron chi connectivity index (χ4n) is 0.931. The first-order valence-corrected chi connectivity index (χ1v) is 8.62. The zero-order valence-corrected chi connectivity index (χ0v) is 14.0. The molecule has 0 aromatic heterocycles. The molecule has 0 aromatic carbocycles. The van der Waals surface area contributed by atoms with Gasteiger partial charge in [0.1, 0.15) is 0 Å². The van der Waals surface area contributed by atoms with E-state index in [0.717, 1.165) is 4.89 Å². The van der Waals surface area contributed by atoms with E-state index in [2.05, 4.69) is 49.6 Å². The molecule has 0 fully saturated rings. The van der Waals surface area contributed by atoms with Gasteiger partial charge in [-0.05, 0) is 25.7 Å². The van der Waals surface area contributed by atoms with Crippen LogP contribution in [0.3, 0.4) is 0 Å². The Morgan fingerprint density at radius 2 is 1.38 bits per heavy atom. The van der Waals surface area contributed by atoms with E-state index in [-0.39, 0.29) is 0 Å². The van der Waals surface area contributed by atoms with Gasteiger partial charge in [0.2, 0.25) is 0 Å². The van der Waals surface area contributed by atoms with Crippen molar-refractivity contribution in [2.24, 2.45) is 0 Å². The molecule has 8 heteroatoms. The van der Waals surface area contributed by atoms with Gasteiger partial charge >= 0.3 is 48.7 Å². The Kier molecular flexibility index (Phi) is 14.4. The van der Waals surface area contributed by atoms with Gasteiger partial charge in [-0.25, -0.2) is 8.42 Å². The molecule has 0 atom stereocenters. The molecule has 1 aliphatic carbocycles. The standard InChI is InChI=1S/C8H12.C4H7.CHF3O3S.Pd/c1-2-4-6-8-7-5-3-1;1-3-4-2;2-1(3,4)8(5,6)7;/h1-2,7-8H,3-6H2;3-4H,1H2,2H3;(H,5,6,7);/q;;;+1/p-1/b2-1-,8-7-;4-3+;;. The van der Waals surface area contributed by atoms with Crippen LogP contribution in [-0.4, -0.2) is 18.5 Å². The molecule has 0 aliphatic heterocycles. The second kappa shape index (κ2) is 13.3. The van der Waals surface area contributed by atoms with Crippen molar-refractivity contribution >= 4 is 10.1 Å². The number of allylic oxidation sites excluding steroid dienone is 6. The maximum atomic E-state index is 10.7. The molecule has 0 heterocycles. The summed E-state index contributed by atoms with van der Waals surface area (Å²) in [7, 11) is -6.09. The van der Waals surface area contributed by atoms with E-state index in [4.69, 9.17) is 13.0 Å². The second-order valence-corrected chi connectivity index (χ2v) is 5.70. The molecule has 0 unspecified atom stereocenters. The normalized spacial score (nSPS) is 18.4. The van der Waals surface area contributed by atoms with E-state index in [9.17, 15) is 13.2 Å². The Morgan fingerprint density at radius 3 is 1.48 bits per heavy atom. The van der Waals surface area contributed by atoms with Gasteiger partial charge in [-0.1, -0.05) is 24.3 Å². The third kappa shape index (κ3) is 17.5. The Morgan fingerprint density at radius 1 is 1.10 bits per heavy atom. The van der Waals surface area contributed by atoms with Crippen LogP contribution in [-0.2, 0) is 29.3 Å². The number of halogens is 3. The summed E-state index contributed by atoms with van der Waals surface area (Å²) in [5.74, 6) is 0. The van der Waals surface area contributed by atoms with Crippen molar-refractivity contribution in [3.8, 4) is 0 Å². The van der Waals surface area contributed by atoms with Crippen molar-refractivity contribution in [3.05, 3.63) is 36.5 Å². The maximum Gasteiger partial charge on any atom is 0.485 e. The van der Waals surface area contributed by atoms with Gasteiger partial charge in [0.15, 0.2) is 10.1 Å². The van der Waals surface area contributed by atoms with Crippen molar-refractivity contribution in [1.82, 2.24) is 0 Å². The van der Waals surface area contributed by atoms with Gasteiger partial charge < -0.3 is 4.55 Å². The van der Waals surface area contributed by atoms with Crippen LogP contribution in [0.15, 0.2) is 36.5 Å². The predicted molar refractivity (Wildman–Crippen MR) is 72.1 cm³/mol. The minimum absolute atomic E-state index is 1.01. The Hall–Kier alpha value is -0.418. The Balaban J connectivity index is 0. The summed E-state index contributed by atoms with van der Waals surface area (Å²) in [4.78, 5) is 1.01. The summed E-state index contributed by atoms with van der Waals surface area (Å²) in [6.45, 7) is 2.01. The van der Waals surface area contributed by atoms with E-state index < -0.39 is 15.6 Å². The molecular formula is C13H19F3O3PdS. The minimum Gasteiger partial charge on any atom is -0.741 e. The molecule has 0 amide bonds. The van der Waals surface area contributed by atoms with E-state index in [1.807, 2.05) is 13.0 Å². The molecule has 0 N–H and O–H groups in total. The summed E-state index contributed by atoms with van der Waals surface area (Å²) in [6, 6.07) is 0. The molecule has 21 heavy (non-hydrogen) atoms. The van der Waals surface area contributed by atoms with Gasteiger partial charge in [-0.15, -0.1) is 0 Å². The van der Waals surface area contributed by atoms with Crippen LogP contribution in [0.5, 0.6) is 0 Å². The topological polar surface area (TPSA) is 57.2 Å². The van der Waals surface area contributed by atoms with Gasteiger partial charge in [0.05, 0.1) is 0 Å². The van der Waals surface area contributed by atoms with Crippen LogP contribution in [0.25, 0.3) is 0 Å². The van der Waals surface area contributed by atoms with Crippen molar-refractivity contribution in [2.75, 3.05) is 0 Å². The van der Waals surface area contributed by atoms with E-state index in [1.54, 1.807) is 0 Å². The second-order valence-electron chi connectivity index (χ2n) is 3.70. The first-order valence-electron chi connectivity index (χ1n) is 6.11. The number of alkyl halides is 3. The molecule has 0 aromatic rings. The van der Waals surface area contributed by atoms with Crippen LogP contribution in [0.2, 0.25) is 4.89 Å². The van der Waals surface area contributed by atoms with E-state index >= 15 is 0 Å². The summed E-state index contributed by atoms with van der Waals surface area (Å²) in [5.41, 5.74) is -5.65. The maximum absolute atomic E-state index is 10.7. The van der Waals surface area contributed by atoms with Gasteiger partial charge in [0, 0.05) is 0 Å². The minimum atomic E-state index is -6.09. The SMILES string of the molecule is C/C=C/[CH2][Pd+].C1=C\CC/C=C\CC/1.O=S(=O)([O-])C(F)(F)F. The first kappa shape index (κ1) is 22.9. The summed E-state index contributed by atoms with van der Waals surface area (Å²) in [5, 5.41) is 0. The smallest absolute Gasteiger partial charge is 0.485 e. The van der Waals surface area contributed by atoms with E-state index in [1.165, 1.54) is 25.7 Å². The van der Waals surface area contributed by atoms with Crippen LogP contribution in [0.1, 0.15) is 32.6 Å². The average molecular weight is 419 g/mol. The molecule has 0 radical (unpaired) electrons. The van der Waals surface area contributed by atoms with Crippen molar-refractivity contribution in [1.29, 1.82) is 0 Å². The largest absolute Gasteiger partial charge is 0.741 e. The predicted octanol–water partition coefficient (Wildman–Crippen LogP) is 4.25. The molecule has 1 aliphatic rings. The Labute approximate surface area is 135 Å². The Bertz CT molecular complexity index is 400. The molecule has 3 nitrogen and oxygen atoms in total. The summed E-state index contributed by atoms with van der Waals surface area (Å²) < 4.78 is 58.9. The average Bonchev–Trinajstić information content (AvgIpc) is 2.27. The zero-order valence-electron chi connectivity index (χ0n) is 11.6. The van der Waals surface area contributed by atoms with Crippen molar-refractivity contribution in [2.45, 2.75) is 43.0 Å². The third-order valence-corrected chi connectivity index (χ3v) is 2.86. The van der Waals surface area contributed by atoms with Crippen LogP contribution in [0.4, 0.5) is 13.2 Å². The molecule has 0 saturated heterocycles. The fraction of sp³-hybridized carbons (Fsp3) is 0.538. The summed E-state index contributed by atoms with van der Waals surface area (Å²) in [6.07, 6.45) is 18.1. The molecule has 126 valence electrons. The van der Waals surface area contributed by atoms with E-state index in [0.29, 0.717) is 0 Å². The first-order chi connectivity index (χ1) is 9.66. The monoisotopic (exact) mass is 418 g/mol. The molecule has 0 spiro atoms. The number of rotatable bonds is 1. The third-order valence-electron chi connectivity index (χ3n) is 1.93. The van der Waals surface area contributed by atoms with Gasteiger partial charge in [-0.2, -0.15) is 13.2 Å². The van der Waals surface area contributed by atoms with Gasteiger partial charge in [0.25, 0.3) is 0 Å². The van der Waals surface area contributed by atoms with Crippen molar-refractivity contribution < 1.29 is 45.3 Å². The van der Waals surface area contributed by atoms with Crippen molar-refractivity contribution in [3.63, 3.8) is 0 Å². The number of hydrogen-bond acceptors (Lipinski definition) is 3. The van der Waals surface area contributed by atoms with Gasteiger partial charge in [-0.3, -0.25) is 0 Å². The quantitative estimate of drug-likeness (QED) is 0.277. The molecular weight excluding hydrogens is 400 g/mol. The molecule has 0 bridgehead atoms. The number of hydrogen-bond donors (Lipinski definition) is 0. The fourth-order valence-corrected chi connectivity index (χ4v) is 1.30. The molecule has 0 saturated carbocycles.